The van der Waals surface area contributed by atoms with E-state index in [0.717, 1.165) is 30.9 Å². The minimum absolute atomic E-state index is 0.247. The van der Waals surface area contributed by atoms with Crippen LogP contribution in [-0.4, -0.2) is 39.6 Å². The number of imidazole rings is 1. The third kappa shape index (κ3) is 3.48. The van der Waals surface area contributed by atoms with Crippen LogP contribution in [0.4, 0.5) is 0 Å². The lowest BCUT2D eigenvalue weighted by molar-refractivity contribution is 0.107. The van der Waals surface area contributed by atoms with Crippen LogP contribution in [0.25, 0.3) is 11.1 Å². The second-order valence-electron chi connectivity index (χ2n) is 6.46. The average molecular weight is 334 g/mol. The fourth-order valence-corrected chi connectivity index (χ4v) is 3.57. The van der Waals surface area contributed by atoms with Crippen molar-refractivity contribution in [1.29, 1.82) is 0 Å². The monoisotopic (exact) mass is 334 g/mol. The Bertz CT molecular complexity index is 804. The molecule has 0 bridgehead atoms. The largest absolute Gasteiger partial charge is 0.380 e. The predicted octanol–water partition coefficient (Wildman–Crippen LogP) is 3.43. The highest BCUT2D eigenvalue weighted by Crippen LogP contribution is 2.33. The number of hydrogen-bond acceptors (Lipinski definition) is 4. The van der Waals surface area contributed by atoms with Crippen LogP contribution in [0.1, 0.15) is 23.9 Å². The van der Waals surface area contributed by atoms with Crippen molar-refractivity contribution in [1.82, 2.24) is 19.9 Å². The Hall–Kier alpha value is -2.50. The maximum atomic E-state index is 5.61. The quantitative estimate of drug-likeness (QED) is 0.777. The van der Waals surface area contributed by atoms with Crippen molar-refractivity contribution in [2.75, 3.05) is 13.7 Å². The van der Waals surface area contributed by atoms with Gasteiger partial charge in [-0.05, 0) is 35.2 Å². The Morgan fingerprint density at radius 3 is 2.88 bits per heavy atom. The molecule has 1 unspecified atom stereocenters. The molecule has 5 heteroatoms. The van der Waals surface area contributed by atoms with Crippen molar-refractivity contribution in [3.63, 3.8) is 0 Å². The Balaban J connectivity index is 1.56. The van der Waals surface area contributed by atoms with Gasteiger partial charge in [-0.2, -0.15) is 0 Å². The van der Waals surface area contributed by atoms with Gasteiger partial charge < -0.3 is 9.72 Å². The third-order valence-corrected chi connectivity index (χ3v) is 4.84. The van der Waals surface area contributed by atoms with Crippen molar-refractivity contribution >= 4 is 0 Å². The number of likely N-dealkylation sites (tertiary alicyclic amines) is 1. The molecule has 5 nitrogen and oxygen atoms in total. The molecule has 0 radical (unpaired) electrons. The molecule has 2 atom stereocenters. The Morgan fingerprint density at radius 1 is 1.20 bits per heavy atom. The first-order valence-electron chi connectivity index (χ1n) is 8.59. The van der Waals surface area contributed by atoms with Crippen LogP contribution in [0.5, 0.6) is 0 Å². The molecule has 0 saturated carbocycles. The summed E-state index contributed by atoms with van der Waals surface area (Å²) >= 11 is 0. The van der Waals surface area contributed by atoms with E-state index in [-0.39, 0.29) is 12.1 Å². The number of nitrogens with zero attached hydrogens (tertiary/aromatic N) is 3. The lowest BCUT2D eigenvalue weighted by atomic mass is 10.0. The highest BCUT2D eigenvalue weighted by atomic mass is 16.5. The molecule has 1 saturated heterocycles. The standard InChI is InChI=1S/C20H22N4O/c1-25-18-11-19(20-22-8-9-23-20)24(14-18)13-15-4-2-5-16(10-15)17-6-3-7-21-12-17/h2-10,12,18-19H,11,13-14H2,1H3,(H,22,23)/t18-,19?/m1/s1. The summed E-state index contributed by atoms with van der Waals surface area (Å²) in [7, 11) is 1.79. The van der Waals surface area contributed by atoms with Crippen molar-refractivity contribution in [3.8, 4) is 11.1 Å². The van der Waals surface area contributed by atoms with Crippen LogP contribution < -0.4 is 0 Å². The Labute approximate surface area is 147 Å². The minimum Gasteiger partial charge on any atom is -0.380 e. The number of rotatable bonds is 5. The molecule has 3 heterocycles. The Morgan fingerprint density at radius 2 is 2.12 bits per heavy atom. The number of nitrogens with one attached hydrogen (secondary N) is 1. The first-order chi connectivity index (χ1) is 12.3. The van der Waals surface area contributed by atoms with E-state index >= 15 is 0 Å². The number of ether oxygens (including phenoxy) is 1. The first kappa shape index (κ1) is 16.0. The SMILES string of the molecule is CO[C@@H]1CC(c2ncc[nH]2)N(Cc2cccc(-c3cccnc3)c2)C1. The molecule has 0 aliphatic carbocycles. The molecule has 0 spiro atoms. The zero-order valence-corrected chi connectivity index (χ0v) is 14.3. The molecule has 1 aliphatic rings. The van der Waals surface area contributed by atoms with Gasteiger partial charge in [0.1, 0.15) is 5.82 Å². The second kappa shape index (κ2) is 7.17. The summed E-state index contributed by atoms with van der Waals surface area (Å²) in [5.74, 6) is 1.02. The van der Waals surface area contributed by atoms with Gasteiger partial charge in [0.2, 0.25) is 0 Å². The summed E-state index contributed by atoms with van der Waals surface area (Å²) < 4.78 is 5.61. The van der Waals surface area contributed by atoms with Crippen LogP contribution in [0.15, 0.2) is 61.2 Å². The fraction of sp³-hybridized carbons (Fsp3) is 0.300. The van der Waals surface area contributed by atoms with Crippen molar-refractivity contribution in [2.45, 2.75) is 25.1 Å². The van der Waals surface area contributed by atoms with Crippen LogP contribution in [0, 0.1) is 0 Å². The summed E-state index contributed by atoms with van der Waals surface area (Å²) in [5.41, 5.74) is 3.63. The van der Waals surface area contributed by atoms with E-state index in [9.17, 15) is 0 Å². The number of methoxy groups -OCH3 is 1. The molecular formula is C20H22N4O. The fourth-order valence-electron chi connectivity index (χ4n) is 3.57. The maximum absolute atomic E-state index is 5.61. The molecule has 128 valence electrons. The van der Waals surface area contributed by atoms with Gasteiger partial charge in [0, 0.05) is 45.0 Å². The molecule has 4 rings (SSSR count). The van der Waals surface area contributed by atoms with Crippen LogP contribution in [-0.2, 0) is 11.3 Å². The van der Waals surface area contributed by atoms with E-state index < -0.39 is 0 Å². The summed E-state index contributed by atoms with van der Waals surface area (Å²) in [6.07, 6.45) is 8.62. The van der Waals surface area contributed by atoms with Gasteiger partial charge in [-0.25, -0.2) is 4.98 Å². The van der Waals surface area contributed by atoms with E-state index in [1.54, 1.807) is 13.3 Å². The molecule has 1 aliphatic heterocycles. The van der Waals surface area contributed by atoms with Crippen LogP contribution >= 0.6 is 0 Å². The number of H-pyrrole nitrogens is 1. The number of pyridine rings is 1. The molecule has 3 aromatic rings. The summed E-state index contributed by atoms with van der Waals surface area (Å²) in [6.45, 7) is 1.79. The number of benzene rings is 1. The van der Waals surface area contributed by atoms with Crippen molar-refractivity contribution in [2.24, 2.45) is 0 Å². The Kier molecular flexibility index (Phi) is 4.59. The van der Waals surface area contributed by atoms with E-state index in [4.69, 9.17) is 4.74 Å². The van der Waals surface area contributed by atoms with Crippen molar-refractivity contribution in [3.05, 3.63) is 72.6 Å². The van der Waals surface area contributed by atoms with Crippen LogP contribution in [0.2, 0.25) is 0 Å². The van der Waals surface area contributed by atoms with Gasteiger partial charge in [-0.15, -0.1) is 0 Å². The van der Waals surface area contributed by atoms with Crippen molar-refractivity contribution < 1.29 is 4.74 Å². The lowest BCUT2D eigenvalue weighted by Crippen LogP contribution is -2.25. The second-order valence-corrected chi connectivity index (χ2v) is 6.46. The zero-order valence-electron chi connectivity index (χ0n) is 14.3. The van der Waals surface area contributed by atoms with E-state index in [0.29, 0.717) is 0 Å². The van der Waals surface area contributed by atoms with Gasteiger partial charge in [0.15, 0.2) is 0 Å². The molecule has 1 fully saturated rings. The molecule has 25 heavy (non-hydrogen) atoms. The number of aromatic nitrogens is 3. The summed E-state index contributed by atoms with van der Waals surface area (Å²) in [5, 5.41) is 0. The van der Waals surface area contributed by atoms with Gasteiger partial charge in [-0.1, -0.05) is 24.3 Å². The molecule has 1 N–H and O–H groups in total. The molecular weight excluding hydrogens is 312 g/mol. The summed E-state index contributed by atoms with van der Waals surface area (Å²) in [4.78, 5) is 14.4. The third-order valence-electron chi connectivity index (χ3n) is 4.84. The first-order valence-corrected chi connectivity index (χ1v) is 8.59. The molecule has 1 aromatic carbocycles. The topological polar surface area (TPSA) is 54.0 Å². The number of aromatic amines is 1. The van der Waals surface area contributed by atoms with Crippen LogP contribution in [0.3, 0.4) is 0 Å². The smallest absolute Gasteiger partial charge is 0.123 e. The predicted molar refractivity (Wildman–Crippen MR) is 96.8 cm³/mol. The average Bonchev–Trinajstić information content (AvgIpc) is 3.32. The van der Waals surface area contributed by atoms with E-state index in [1.165, 1.54) is 11.1 Å². The van der Waals surface area contributed by atoms with Gasteiger partial charge in [0.25, 0.3) is 0 Å². The highest BCUT2D eigenvalue weighted by Gasteiger charge is 2.34. The molecule has 0 amide bonds. The maximum Gasteiger partial charge on any atom is 0.123 e. The minimum atomic E-state index is 0.247. The van der Waals surface area contributed by atoms with Gasteiger partial charge in [0.05, 0.1) is 12.1 Å². The summed E-state index contributed by atoms with van der Waals surface area (Å²) in [6, 6.07) is 13.0. The highest BCUT2D eigenvalue weighted by molar-refractivity contribution is 5.62. The van der Waals surface area contributed by atoms with Gasteiger partial charge >= 0.3 is 0 Å². The van der Waals surface area contributed by atoms with E-state index in [1.807, 2.05) is 24.7 Å². The normalized spacial score (nSPS) is 20.8. The zero-order chi connectivity index (χ0) is 17.1. The molecule has 2 aromatic heterocycles. The van der Waals surface area contributed by atoms with E-state index in [2.05, 4.69) is 50.2 Å². The van der Waals surface area contributed by atoms with Gasteiger partial charge in [-0.3, -0.25) is 9.88 Å². The lowest BCUT2D eigenvalue weighted by Gasteiger charge is -2.22. The number of hydrogen-bond donors (Lipinski definition) is 1.